The Kier molecular flexibility index (Phi) is 3.88. The highest BCUT2D eigenvalue weighted by Gasteiger charge is 2.26. The minimum Gasteiger partial charge on any atom is -0.460 e. The Bertz CT molecular complexity index is 417. The molecule has 0 atom stereocenters. The molecule has 16 heavy (non-hydrogen) atoms. The smallest absolute Gasteiger partial charge is 0.335 e. The maximum absolute atomic E-state index is 11.6. The SMILES string of the molecule is CCC(C)(C)C(=O)OCc1ccoc(=O)c1. The molecule has 0 saturated heterocycles. The van der Waals surface area contributed by atoms with Crippen molar-refractivity contribution in [1.82, 2.24) is 0 Å². The summed E-state index contributed by atoms with van der Waals surface area (Å²) in [6, 6.07) is 2.92. The lowest BCUT2D eigenvalue weighted by Gasteiger charge is -2.20. The molecule has 0 amide bonds. The zero-order valence-electron chi connectivity index (χ0n) is 9.78. The zero-order valence-corrected chi connectivity index (χ0v) is 9.78. The lowest BCUT2D eigenvalue weighted by Crippen LogP contribution is -2.25. The number of hydrogen-bond donors (Lipinski definition) is 0. The van der Waals surface area contributed by atoms with E-state index in [1.807, 2.05) is 20.8 Å². The van der Waals surface area contributed by atoms with Crippen molar-refractivity contribution in [1.29, 1.82) is 0 Å². The maximum Gasteiger partial charge on any atom is 0.335 e. The Morgan fingerprint density at radius 1 is 1.50 bits per heavy atom. The van der Waals surface area contributed by atoms with Gasteiger partial charge in [-0.1, -0.05) is 6.92 Å². The maximum atomic E-state index is 11.6. The van der Waals surface area contributed by atoms with Crippen LogP contribution in [-0.2, 0) is 16.1 Å². The van der Waals surface area contributed by atoms with Crippen LogP contribution in [0, 0.1) is 5.41 Å². The third-order valence-corrected chi connectivity index (χ3v) is 2.58. The molecule has 0 saturated carbocycles. The molecule has 0 bridgehead atoms. The van der Waals surface area contributed by atoms with Crippen molar-refractivity contribution in [2.75, 3.05) is 0 Å². The van der Waals surface area contributed by atoms with Gasteiger partial charge in [-0.05, 0) is 31.9 Å². The zero-order chi connectivity index (χ0) is 12.2. The normalized spacial score (nSPS) is 11.2. The number of esters is 1. The highest BCUT2D eigenvalue weighted by Crippen LogP contribution is 2.21. The Morgan fingerprint density at radius 3 is 2.75 bits per heavy atom. The molecule has 1 rings (SSSR count). The molecule has 1 heterocycles. The number of carbonyl (C=O) groups is 1. The van der Waals surface area contributed by atoms with E-state index in [0.717, 1.165) is 0 Å². The number of ether oxygens (including phenoxy) is 1. The topological polar surface area (TPSA) is 56.5 Å². The van der Waals surface area contributed by atoms with E-state index >= 15 is 0 Å². The molecule has 4 nitrogen and oxygen atoms in total. The first kappa shape index (κ1) is 12.5. The summed E-state index contributed by atoms with van der Waals surface area (Å²) >= 11 is 0. The summed E-state index contributed by atoms with van der Waals surface area (Å²) in [7, 11) is 0. The Labute approximate surface area is 94.2 Å². The number of hydrogen-bond acceptors (Lipinski definition) is 4. The molecular formula is C12H16O4. The first-order chi connectivity index (χ1) is 7.45. The van der Waals surface area contributed by atoms with E-state index in [9.17, 15) is 9.59 Å². The Balaban J connectivity index is 2.59. The molecule has 0 radical (unpaired) electrons. The van der Waals surface area contributed by atoms with Crippen molar-refractivity contribution in [3.8, 4) is 0 Å². The quantitative estimate of drug-likeness (QED) is 0.735. The fourth-order valence-electron chi connectivity index (χ4n) is 1.00. The van der Waals surface area contributed by atoms with Crippen LogP contribution in [0.15, 0.2) is 27.6 Å². The lowest BCUT2D eigenvalue weighted by atomic mass is 9.91. The van der Waals surface area contributed by atoms with Gasteiger partial charge in [0.2, 0.25) is 0 Å². The summed E-state index contributed by atoms with van der Waals surface area (Å²) < 4.78 is 9.69. The van der Waals surface area contributed by atoms with Crippen molar-refractivity contribution in [2.45, 2.75) is 33.8 Å². The monoisotopic (exact) mass is 224 g/mol. The van der Waals surface area contributed by atoms with Crippen molar-refractivity contribution >= 4 is 5.97 Å². The van der Waals surface area contributed by atoms with Crippen LogP contribution in [0.3, 0.4) is 0 Å². The largest absolute Gasteiger partial charge is 0.460 e. The van der Waals surface area contributed by atoms with Crippen LogP contribution >= 0.6 is 0 Å². The van der Waals surface area contributed by atoms with Crippen molar-refractivity contribution in [2.24, 2.45) is 5.41 Å². The fourth-order valence-corrected chi connectivity index (χ4v) is 1.00. The van der Waals surface area contributed by atoms with Crippen LogP contribution in [-0.4, -0.2) is 5.97 Å². The Hall–Kier alpha value is -1.58. The number of rotatable bonds is 4. The summed E-state index contributed by atoms with van der Waals surface area (Å²) in [6.07, 6.45) is 2.00. The molecule has 0 unspecified atom stereocenters. The van der Waals surface area contributed by atoms with Gasteiger partial charge in [0.05, 0.1) is 11.7 Å². The summed E-state index contributed by atoms with van der Waals surface area (Å²) in [6.45, 7) is 5.69. The van der Waals surface area contributed by atoms with Crippen LogP contribution in [0.5, 0.6) is 0 Å². The molecule has 4 heteroatoms. The van der Waals surface area contributed by atoms with Gasteiger partial charge in [-0.15, -0.1) is 0 Å². The van der Waals surface area contributed by atoms with Crippen LogP contribution in [0.2, 0.25) is 0 Å². The minimum absolute atomic E-state index is 0.105. The molecule has 0 aliphatic carbocycles. The first-order valence-corrected chi connectivity index (χ1v) is 5.20. The molecule has 0 aromatic carbocycles. The fraction of sp³-hybridized carbons (Fsp3) is 0.500. The molecule has 0 aliphatic rings. The molecule has 0 aliphatic heterocycles. The summed E-state index contributed by atoms with van der Waals surface area (Å²) in [4.78, 5) is 22.5. The average Bonchev–Trinajstić information content (AvgIpc) is 2.26. The van der Waals surface area contributed by atoms with Gasteiger partial charge in [0.15, 0.2) is 0 Å². The van der Waals surface area contributed by atoms with Gasteiger partial charge < -0.3 is 9.15 Å². The molecular weight excluding hydrogens is 208 g/mol. The van der Waals surface area contributed by atoms with Crippen LogP contribution in [0.4, 0.5) is 0 Å². The van der Waals surface area contributed by atoms with E-state index in [-0.39, 0.29) is 12.6 Å². The minimum atomic E-state index is -0.487. The van der Waals surface area contributed by atoms with E-state index in [2.05, 4.69) is 4.42 Å². The summed E-state index contributed by atoms with van der Waals surface area (Å²) in [5, 5.41) is 0. The van der Waals surface area contributed by atoms with Crippen molar-refractivity contribution in [3.63, 3.8) is 0 Å². The first-order valence-electron chi connectivity index (χ1n) is 5.20. The van der Waals surface area contributed by atoms with Gasteiger partial charge in [-0.25, -0.2) is 4.79 Å². The predicted octanol–water partition coefficient (Wildman–Crippen LogP) is 2.12. The van der Waals surface area contributed by atoms with Gasteiger partial charge in [0.1, 0.15) is 6.61 Å². The van der Waals surface area contributed by atoms with Crippen molar-refractivity contribution < 1.29 is 13.9 Å². The molecule has 0 fully saturated rings. The second-order valence-corrected chi connectivity index (χ2v) is 4.27. The van der Waals surface area contributed by atoms with Crippen molar-refractivity contribution in [3.05, 3.63) is 34.4 Å². The van der Waals surface area contributed by atoms with Gasteiger partial charge in [-0.3, -0.25) is 4.79 Å². The average molecular weight is 224 g/mol. The summed E-state index contributed by atoms with van der Waals surface area (Å²) in [5.74, 6) is -0.261. The second kappa shape index (κ2) is 4.96. The van der Waals surface area contributed by atoms with Crippen LogP contribution < -0.4 is 5.63 Å². The number of carbonyl (C=O) groups excluding carboxylic acids is 1. The third kappa shape index (κ3) is 3.22. The highest BCUT2D eigenvalue weighted by atomic mass is 16.5. The third-order valence-electron chi connectivity index (χ3n) is 2.58. The molecule has 1 aromatic heterocycles. The van der Waals surface area contributed by atoms with E-state index in [1.54, 1.807) is 6.07 Å². The van der Waals surface area contributed by atoms with E-state index in [1.165, 1.54) is 12.3 Å². The second-order valence-electron chi connectivity index (χ2n) is 4.27. The lowest BCUT2D eigenvalue weighted by molar-refractivity contribution is -0.155. The van der Waals surface area contributed by atoms with Gasteiger partial charge in [-0.2, -0.15) is 0 Å². The van der Waals surface area contributed by atoms with Crippen LogP contribution in [0.1, 0.15) is 32.8 Å². The van der Waals surface area contributed by atoms with Gasteiger partial charge in [0, 0.05) is 6.07 Å². The van der Waals surface area contributed by atoms with E-state index in [0.29, 0.717) is 12.0 Å². The summed E-state index contributed by atoms with van der Waals surface area (Å²) in [5.41, 5.74) is -0.292. The molecule has 0 spiro atoms. The molecule has 88 valence electrons. The predicted molar refractivity (Wildman–Crippen MR) is 58.8 cm³/mol. The standard InChI is InChI=1S/C12H16O4/c1-4-12(2,3)11(14)16-8-9-5-6-15-10(13)7-9/h5-7H,4,8H2,1-3H3. The van der Waals surface area contributed by atoms with Gasteiger partial charge in [0.25, 0.3) is 0 Å². The van der Waals surface area contributed by atoms with Gasteiger partial charge >= 0.3 is 11.6 Å². The molecule has 0 N–H and O–H groups in total. The van der Waals surface area contributed by atoms with Crippen LogP contribution in [0.25, 0.3) is 0 Å². The van der Waals surface area contributed by atoms with E-state index < -0.39 is 11.0 Å². The highest BCUT2D eigenvalue weighted by molar-refractivity contribution is 5.75. The van der Waals surface area contributed by atoms with E-state index in [4.69, 9.17) is 4.74 Å². The Morgan fingerprint density at radius 2 is 2.19 bits per heavy atom. The molecule has 1 aromatic rings.